The minimum atomic E-state index is -0.165. The summed E-state index contributed by atoms with van der Waals surface area (Å²) in [6, 6.07) is 14.0. The molecule has 0 saturated carbocycles. The number of hydrogen-bond acceptors (Lipinski definition) is 5. The topological polar surface area (TPSA) is 33.5 Å². The van der Waals surface area contributed by atoms with Crippen LogP contribution in [-0.2, 0) is 6.42 Å². The van der Waals surface area contributed by atoms with Crippen molar-refractivity contribution in [1.29, 1.82) is 5.26 Å². The third-order valence-electron chi connectivity index (χ3n) is 6.70. The van der Waals surface area contributed by atoms with Crippen LogP contribution in [0.3, 0.4) is 0 Å². The molecule has 3 aromatic rings. The molecule has 2 aliphatic heterocycles. The summed E-state index contributed by atoms with van der Waals surface area (Å²) >= 11 is 1.63. The molecule has 4 nitrogen and oxygen atoms in total. The molecule has 0 spiro atoms. The van der Waals surface area contributed by atoms with Crippen molar-refractivity contribution in [3.8, 4) is 6.07 Å². The maximum Gasteiger partial charge on any atom is 0.124 e. The molecule has 1 atom stereocenters. The zero-order valence-electron chi connectivity index (χ0n) is 17.9. The van der Waals surface area contributed by atoms with Gasteiger partial charge in [0.2, 0.25) is 0 Å². The number of halogens is 1. The number of piperazine rings is 1. The van der Waals surface area contributed by atoms with Crippen molar-refractivity contribution < 1.29 is 4.39 Å². The van der Waals surface area contributed by atoms with Crippen LogP contribution < -0.4 is 9.80 Å². The Labute approximate surface area is 187 Å². The molecular weight excluding hydrogens is 407 g/mol. The molecule has 2 aliphatic rings. The molecule has 1 fully saturated rings. The summed E-state index contributed by atoms with van der Waals surface area (Å²) in [6.07, 6.45) is 2.21. The van der Waals surface area contributed by atoms with E-state index in [9.17, 15) is 9.65 Å². The predicted molar refractivity (Wildman–Crippen MR) is 127 cm³/mol. The smallest absolute Gasteiger partial charge is 0.124 e. The number of fused-ring (bicyclic) bond motifs is 2. The third kappa shape index (κ3) is 4.00. The number of nitrogens with zero attached hydrogens (tertiary/aromatic N) is 4. The van der Waals surface area contributed by atoms with E-state index in [0.29, 0.717) is 6.04 Å². The van der Waals surface area contributed by atoms with Gasteiger partial charge in [-0.1, -0.05) is 0 Å². The number of rotatable bonds is 4. The highest BCUT2D eigenvalue weighted by Gasteiger charge is 2.26. The molecule has 0 amide bonds. The maximum absolute atomic E-state index is 13.5. The Hall–Kier alpha value is -2.62. The quantitative estimate of drug-likeness (QED) is 0.586. The van der Waals surface area contributed by atoms with Crippen LogP contribution in [0, 0.1) is 17.1 Å². The lowest BCUT2D eigenvalue weighted by molar-refractivity contribution is 0.193. The van der Waals surface area contributed by atoms with Gasteiger partial charge in [-0.25, -0.2) is 4.39 Å². The number of aryl methyl sites for hydroxylation is 1. The molecule has 6 heteroatoms. The summed E-state index contributed by atoms with van der Waals surface area (Å²) in [6.45, 7) is 8.48. The van der Waals surface area contributed by atoms with E-state index in [1.165, 1.54) is 16.9 Å². The lowest BCUT2D eigenvalue weighted by Crippen LogP contribution is -2.53. The second-order valence-corrected chi connectivity index (χ2v) is 9.55. The Kier molecular flexibility index (Phi) is 5.56. The summed E-state index contributed by atoms with van der Waals surface area (Å²) in [5, 5.41) is 12.5. The van der Waals surface area contributed by atoms with E-state index in [-0.39, 0.29) is 5.82 Å². The summed E-state index contributed by atoms with van der Waals surface area (Å²) in [5.41, 5.74) is 4.61. The predicted octanol–water partition coefficient (Wildman–Crippen LogP) is 4.88. The van der Waals surface area contributed by atoms with Gasteiger partial charge in [-0.2, -0.15) is 5.26 Å². The first-order valence-electron chi connectivity index (χ1n) is 11.1. The van der Waals surface area contributed by atoms with E-state index in [2.05, 4.69) is 45.2 Å². The van der Waals surface area contributed by atoms with Crippen molar-refractivity contribution in [3.63, 3.8) is 0 Å². The van der Waals surface area contributed by atoms with Crippen LogP contribution in [0.5, 0.6) is 0 Å². The average Bonchev–Trinajstić information content (AvgIpc) is 3.20. The van der Waals surface area contributed by atoms with Crippen LogP contribution in [-0.4, -0.2) is 50.2 Å². The van der Waals surface area contributed by atoms with Gasteiger partial charge in [-0.15, -0.1) is 11.3 Å². The zero-order valence-corrected chi connectivity index (χ0v) is 18.7. The lowest BCUT2D eigenvalue weighted by Gasteiger charge is -2.42. The van der Waals surface area contributed by atoms with E-state index in [1.807, 2.05) is 12.1 Å². The second-order valence-electron chi connectivity index (χ2n) is 8.64. The van der Waals surface area contributed by atoms with E-state index < -0.39 is 0 Å². The van der Waals surface area contributed by atoms with Crippen LogP contribution in [0.4, 0.5) is 15.8 Å². The molecule has 31 heavy (non-hydrogen) atoms. The summed E-state index contributed by atoms with van der Waals surface area (Å²) in [4.78, 5) is 7.53. The van der Waals surface area contributed by atoms with Gasteiger partial charge in [-0.3, -0.25) is 4.90 Å². The van der Waals surface area contributed by atoms with Crippen LogP contribution in [0.15, 0.2) is 41.8 Å². The molecule has 0 bridgehead atoms. The summed E-state index contributed by atoms with van der Waals surface area (Å²) in [7, 11) is 0. The molecule has 0 N–H and O–H groups in total. The number of hydrogen-bond donors (Lipinski definition) is 0. The van der Waals surface area contributed by atoms with Crippen molar-refractivity contribution in [2.24, 2.45) is 0 Å². The van der Waals surface area contributed by atoms with Gasteiger partial charge in [0, 0.05) is 66.5 Å². The molecule has 1 aromatic heterocycles. The van der Waals surface area contributed by atoms with Crippen molar-refractivity contribution >= 4 is 32.8 Å². The monoisotopic (exact) mass is 434 g/mol. The Morgan fingerprint density at radius 2 is 2.00 bits per heavy atom. The Balaban J connectivity index is 1.23. The molecule has 1 saturated heterocycles. The van der Waals surface area contributed by atoms with Gasteiger partial charge >= 0.3 is 0 Å². The first-order valence-corrected chi connectivity index (χ1v) is 11.9. The maximum atomic E-state index is 13.5. The van der Waals surface area contributed by atoms with Crippen LogP contribution in [0.1, 0.15) is 24.5 Å². The highest BCUT2D eigenvalue weighted by Crippen LogP contribution is 2.34. The molecule has 0 radical (unpaired) electrons. The SMILES string of the molecule is C[C@@H]1CN(c2csc3cc(F)ccc23)CCN1CCN1CCCc2cc(C#N)ccc21. The summed E-state index contributed by atoms with van der Waals surface area (Å²) < 4.78 is 14.6. The standard InChI is InChI=1S/C25H27FN4S/c1-18-16-30(24-17-31-25-14-21(26)5-6-22(24)25)12-10-28(18)9-11-29-8-2-3-20-13-19(15-27)4-7-23(20)29/h4-7,13-14,17-18H,2-3,8-12,16H2,1H3/t18-/m1/s1. The number of nitriles is 1. The molecule has 0 unspecified atom stereocenters. The van der Waals surface area contributed by atoms with Crippen LogP contribution in [0.25, 0.3) is 10.1 Å². The van der Waals surface area contributed by atoms with Gasteiger partial charge in [0.05, 0.1) is 17.3 Å². The van der Waals surface area contributed by atoms with Gasteiger partial charge < -0.3 is 9.80 Å². The van der Waals surface area contributed by atoms with Crippen molar-refractivity contribution in [2.75, 3.05) is 49.1 Å². The second kappa shape index (κ2) is 8.49. The van der Waals surface area contributed by atoms with Crippen molar-refractivity contribution in [2.45, 2.75) is 25.8 Å². The number of benzene rings is 2. The highest BCUT2D eigenvalue weighted by molar-refractivity contribution is 7.17. The molecule has 0 aliphatic carbocycles. The summed E-state index contributed by atoms with van der Waals surface area (Å²) in [5.74, 6) is -0.165. The Morgan fingerprint density at radius 3 is 2.84 bits per heavy atom. The molecular formula is C25H27FN4S. The molecule has 2 aromatic carbocycles. The van der Waals surface area contributed by atoms with Crippen LogP contribution >= 0.6 is 11.3 Å². The average molecular weight is 435 g/mol. The minimum Gasteiger partial charge on any atom is -0.370 e. The van der Waals surface area contributed by atoms with E-state index in [1.54, 1.807) is 23.5 Å². The fourth-order valence-electron chi connectivity index (χ4n) is 5.01. The highest BCUT2D eigenvalue weighted by atomic mass is 32.1. The third-order valence-corrected chi connectivity index (χ3v) is 7.64. The zero-order chi connectivity index (χ0) is 21.4. The van der Waals surface area contributed by atoms with Crippen molar-refractivity contribution in [3.05, 3.63) is 58.7 Å². The van der Waals surface area contributed by atoms with Crippen LogP contribution in [0.2, 0.25) is 0 Å². The minimum absolute atomic E-state index is 0.165. The van der Waals surface area contributed by atoms with E-state index >= 15 is 0 Å². The fraction of sp³-hybridized carbons (Fsp3) is 0.400. The first-order chi connectivity index (χ1) is 15.1. The molecule has 160 valence electrons. The Bertz CT molecular complexity index is 1130. The lowest BCUT2D eigenvalue weighted by atomic mass is 9.99. The van der Waals surface area contributed by atoms with Gasteiger partial charge in [0.1, 0.15) is 5.82 Å². The molecule has 3 heterocycles. The van der Waals surface area contributed by atoms with Gasteiger partial charge in [0.15, 0.2) is 0 Å². The number of anilines is 2. The molecule has 5 rings (SSSR count). The van der Waals surface area contributed by atoms with E-state index in [4.69, 9.17) is 0 Å². The number of thiophene rings is 1. The first kappa shape index (κ1) is 20.3. The van der Waals surface area contributed by atoms with Gasteiger partial charge in [-0.05, 0) is 61.7 Å². The largest absolute Gasteiger partial charge is 0.370 e. The normalized spacial score (nSPS) is 19.5. The fourth-order valence-corrected chi connectivity index (χ4v) is 6.00. The van der Waals surface area contributed by atoms with E-state index in [0.717, 1.165) is 67.8 Å². The van der Waals surface area contributed by atoms with Crippen molar-refractivity contribution in [1.82, 2.24) is 4.90 Å². The Morgan fingerprint density at radius 1 is 1.10 bits per heavy atom. The van der Waals surface area contributed by atoms with Gasteiger partial charge in [0.25, 0.3) is 0 Å².